The molecule has 7 nitrogen and oxygen atoms in total. The molecule has 2 rings (SSSR count). The van der Waals surface area contributed by atoms with Crippen molar-refractivity contribution in [3.63, 3.8) is 0 Å². The van der Waals surface area contributed by atoms with E-state index in [4.69, 9.17) is 10.5 Å². The van der Waals surface area contributed by atoms with E-state index in [-0.39, 0.29) is 28.9 Å². The van der Waals surface area contributed by atoms with E-state index < -0.39 is 11.5 Å². The third-order valence-electron chi connectivity index (χ3n) is 2.39. The molecule has 0 fully saturated rings. The van der Waals surface area contributed by atoms with Gasteiger partial charge in [-0.3, -0.25) is 4.79 Å². The average Bonchev–Trinajstić information content (AvgIpc) is 2.28. The van der Waals surface area contributed by atoms with Crippen LogP contribution in [0.2, 0.25) is 0 Å². The van der Waals surface area contributed by atoms with Gasteiger partial charge >= 0.3 is 5.97 Å². The van der Waals surface area contributed by atoms with Gasteiger partial charge in [-0.1, -0.05) is 0 Å². The zero-order chi connectivity index (χ0) is 13.3. The van der Waals surface area contributed by atoms with Crippen LogP contribution in [0.4, 0.5) is 5.82 Å². The summed E-state index contributed by atoms with van der Waals surface area (Å²) in [7, 11) is 0. The number of H-pyrrole nitrogens is 1. The van der Waals surface area contributed by atoms with E-state index in [0.717, 1.165) is 0 Å². The minimum atomic E-state index is -0.616. The lowest BCUT2D eigenvalue weighted by Crippen LogP contribution is -2.18. The molecule has 2 aromatic heterocycles. The lowest BCUT2D eigenvalue weighted by molar-refractivity contribution is 0.0529. The Balaban J connectivity index is 2.82. The van der Waals surface area contributed by atoms with Gasteiger partial charge in [0.05, 0.1) is 17.5 Å². The van der Waals surface area contributed by atoms with Gasteiger partial charge in [-0.2, -0.15) is 0 Å². The van der Waals surface area contributed by atoms with Crippen LogP contribution in [0.1, 0.15) is 23.1 Å². The summed E-state index contributed by atoms with van der Waals surface area (Å²) in [6.07, 6.45) is 1.36. The van der Waals surface area contributed by atoms with E-state index in [0.29, 0.717) is 5.82 Å². The summed E-state index contributed by atoms with van der Waals surface area (Å²) in [5, 5.41) is 0.206. The number of nitrogens with zero attached hydrogens (tertiary/aromatic N) is 2. The molecule has 0 amide bonds. The van der Waals surface area contributed by atoms with E-state index in [9.17, 15) is 9.59 Å². The molecule has 0 aliphatic carbocycles. The van der Waals surface area contributed by atoms with Crippen LogP contribution in [0, 0.1) is 6.92 Å². The Morgan fingerprint density at radius 2 is 2.28 bits per heavy atom. The Morgan fingerprint density at radius 1 is 1.56 bits per heavy atom. The van der Waals surface area contributed by atoms with Crippen molar-refractivity contribution in [1.82, 2.24) is 15.0 Å². The first-order chi connectivity index (χ1) is 8.54. The zero-order valence-corrected chi connectivity index (χ0v) is 9.98. The van der Waals surface area contributed by atoms with Gasteiger partial charge in [-0.25, -0.2) is 14.8 Å². The number of hydrogen-bond acceptors (Lipinski definition) is 6. The highest BCUT2D eigenvalue weighted by Crippen LogP contribution is 2.18. The fraction of sp³-hybridized carbons (Fsp3) is 0.273. The minimum Gasteiger partial charge on any atom is -0.462 e. The van der Waals surface area contributed by atoms with Gasteiger partial charge in [0.2, 0.25) is 0 Å². The molecule has 0 radical (unpaired) electrons. The van der Waals surface area contributed by atoms with E-state index in [2.05, 4.69) is 15.0 Å². The first kappa shape index (κ1) is 12.0. The Bertz CT molecular complexity index is 678. The largest absolute Gasteiger partial charge is 0.462 e. The second kappa shape index (κ2) is 4.44. The quantitative estimate of drug-likeness (QED) is 0.743. The van der Waals surface area contributed by atoms with Gasteiger partial charge in [0.15, 0.2) is 0 Å². The number of aromatic amines is 1. The number of nitrogens with two attached hydrogens (primary N) is 1. The third-order valence-corrected chi connectivity index (χ3v) is 2.39. The molecule has 2 aromatic rings. The number of esters is 1. The predicted octanol–water partition coefficient (Wildman–Crippen LogP) is 0.385. The molecule has 18 heavy (non-hydrogen) atoms. The molecular formula is C11H12N4O3. The molecule has 7 heteroatoms. The maximum absolute atomic E-state index is 11.8. The maximum Gasteiger partial charge on any atom is 0.344 e. The number of pyridine rings is 1. The van der Waals surface area contributed by atoms with Crippen molar-refractivity contribution in [2.75, 3.05) is 12.3 Å². The highest BCUT2D eigenvalue weighted by molar-refractivity contribution is 6.06. The number of hydrogen-bond donors (Lipinski definition) is 2. The van der Waals surface area contributed by atoms with Crippen molar-refractivity contribution in [2.45, 2.75) is 13.8 Å². The number of aromatic nitrogens is 3. The van der Waals surface area contributed by atoms with Gasteiger partial charge in [-0.05, 0) is 13.8 Å². The molecular weight excluding hydrogens is 236 g/mol. The molecule has 0 aromatic carbocycles. The Labute approximate surface area is 102 Å². The maximum atomic E-state index is 11.8. The number of anilines is 1. The van der Waals surface area contributed by atoms with Crippen molar-refractivity contribution in [3.05, 3.63) is 27.9 Å². The number of rotatable bonds is 2. The van der Waals surface area contributed by atoms with Crippen molar-refractivity contribution in [2.24, 2.45) is 0 Å². The van der Waals surface area contributed by atoms with Gasteiger partial charge in [0.25, 0.3) is 5.56 Å². The number of fused-ring (bicyclic) bond motifs is 1. The number of aryl methyl sites for hydroxylation is 1. The fourth-order valence-corrected chi connectivity index (χ4v) is 1.62. The summed E-state index contributed by atoms with van der Waals surface area (Å²) in [5.41, 5.74) is 5.49. The standard InChI is InChI=1S/C11H12N4O3/c1-3-18-11(17)7-8-6(4-13-5(2)14-8)10(16)15-9(7)12/h4H,3H2,1-2H3,(H3,12,15,16). The van der Waals surface area contributed by atoms with Gasteiger partial charge in [-0.15, -0.1) is 0 Å². The second-order valence-electron chi connectivity index (χ2n) is 3.64. The van der Waals surface area contributed by atoms with Crippen molar-refractivity contribution >= 4 is 22.7 Å². The van der Waals surface area contributed by atoms with Crippen LogP contribution in [0.5, 0.6) is 0 Å². The lowest BCUT2D eigenvalue weighted by Gasteiger charge is -2.08. The van der Waals surface area contributed by atoms with Crippen LogP contribution < -0.4 is 11.3 Å². The van der Waals surface area contributed by atoms with E-state index in [1.54, 1.807) is 13.8 Å². The summed E-state index contributed by atoms with van der Waals surface area (Å²) >= 11 is 0. The number of nitrogens with one attached hydrogen (secondary N) is 1. The fourth-order valence-electron chi connectivity index (χ4n) is 1.62. The number of carbonyl (C=O) groups excluding carboxylic acids is 1. The normalized spacial score (nSPS) is 10.6. The van der Waals surface area contributed by atoms with Crippen LogP contribution >= 0.6 is 0 Å². The van der Waals surface area contributed by atoms with Crippen LogP contribution in [-0.4, -0.2) is 27.5 Å². The summed E-state index contributed by atoms with van der Waals surface area (Å²) in [5.74, 6) is -0.226. The summed E-state index contributed by atoms with van der Waals surface area (Å²) in [6, 6.07) is 0. The zero-order valence-electron chi connectivity index (χ0n) is 9.98. The summed E-state index contributed by atoms with van der Waals surface area (Å²) in [4.78, 5) is 33.9. The third kappa shape index (κ3) is 1.90. The van der Waals surface area contributed by atoms with Gasteiger partial charge in [0.1, 0.15) is 17.2 Å². The average molecular weight is 248 g/mol. The molecule has 0 aliphatic heterocycles. The smallest absolute Gasteiger partial charge is 0.344 e. The van der Waals surface area contributed by atoms with Crippen molar-refractivity contribution in [1.29, 1.82) is 0 Å². The first-order valence-electron chi connectivity index (χ1n) is 5.36. The number of nitrogen functional groups attached to an aromatic ring is 1. The molecule has 0 saturated carbocycles. The molecule has 0 spiro atoms. The Hall–Kier alpha value is -2.44. The molecule has 0 aliphatic rings. The topological polar surface area (TPSA) is 111 Å². The SMILES string of the molecule is CCOC(=O)c1c(N)[nH]c(=O)c2cnc(C)nc12. The van der Waals surface area contributed by atoms with Crippen LogP contribution in [0.25, 0.3) is 10.9 Å². The van der Waals surface area contributed by atoms with Gasteiger partial charge in [0, 0.05) is 6.20 Å². The van der Waals surface area contributed by atoms with Crippen LogP contribution in [-0.2, 0) is 4.74 Å². The molecule has 0 bridgehead atoms. The molecule has 2 heterocycles. The van der Waals surface area contributed by atoms with Crippen molar-refractivity contribution in [3.8, 4) is 0 Å². The molecule has 0 unspecified atom stereocenters. The summed E-state index contributed by atoms with van der Waals surface area (Å²) < 4.78 is 4.90. The number of carbonyl (C=O) groups is 1. The second-order valence-corrected chi connectivity index (χ2v) is 3.64. The van der Waals surface area contributed by atoms with E-state index >= 15 is 0 Å². The molecule has 94 valence electrons. The monoisotopic (exact) mass is 248 g/mol. The molecule has 3 N–H and O–H groups in total. The first-order valence-corrected chi connectivity index (χ1v) is 5.36. The van der Waals surface area contributed by atoms with Crippen LogP contribution in [0.3, 0.4) is 0 Å². The number of ether oxygens (including phenoxy) is 1. The van der Waals surface area contributed by atoms with E-state index in [1.165, 1.54) is 6.20 Å². The Morgan fingerprint density at radius 3 is 2.94 bits per heavy atom. The summed E-state index contributed by atoms with van der Waals surface area (Å²) in [6.45, 7) is 3.55. The molecule has 0 atom stereocenters. The van der Waals surface area contributed by atoms with E-state index in [1.807, 2.05) is 0 Å². The Kier molecular flexibility index (Phi) is 2.97. The minimum absolute atomic E-state index is 0.0518. The highest BCUT2D eigenvalue weighted by atomic mass is 16.5. The van der Waals surface area contributed by atoms with Gasteiger partial charge < -0.3 is 15.5 Å². The predicted molar refractivity (Wildman–Crippen MR) is 65.3 cm³/mol. The lowest BCUT2D eigenvalue weighted by atomic mass is 10.2. The highest BCUT2D eigenvalue weighted by Gasteiger charge is 2.19. The molecule has 0 saturated heterocycles. The van der Waals surface area contributed by atoms with Crippen LogP contribution in [0.15, 0.2) is 11.0 Å². The van der Waals surface area contributed by atoms with Crippen molar-refractivity contribution < 1.29 is 9.53 Å².